The largest absolute Gasteiger partial charge is 0.343 e. The van der Waals surface area contributed by atoms with Crippen molar-refractivity contribution < 1.29 is 13.8 Å². The Morgan fingerprint density at radius 2 is 1.92 bits per heavy atom. The molecule has 7 heteroatoms. The van der Waals surface area contributed by atoms with Crippen LogP contribution in [0.1, 0.15) is 21.5 Å². The highest BCUT2D eigenvalue weighted by Gasteiger charge is 2.10. The van der Waals surface area contributed by atoms with Crippen molar-refractivity contribution in [1.29, 1.82) is 0 Å². The minimum Gasteiger partial charge on any atom is -0.343 e. The summed E-state index contributed by atoms with van der Waals surface area (Å²) < 4.78 is 12.2. The van der Waals surface area contributed by atoms with Gasteiger partial charge in [-0.05, 0) is 48.4 Å². The minimum atomic E-state index is -0.975. The van der Waals surface area contributed by atoms with Gasteiger partial charge in [0.1, 0.15) is 0 Å². The minimum absolute atomic E-state index is 0.127. The maximum absolute atomic E-state index is 12.2. The van der Waals surface area contributed by atoms with Crippen LogP contribution >= 0.6 is 15.9 Å². The summed E-state index contributed by atoms with van der Waals surface area (Å²) in [7, 11) is -0.975. The number of aryl methyl sites for hydroxylation is 1. The summed E-state index contributed by atoms with van der Waals surface area (Å²) in [6, 6.07) is 12.4. The van der Waals surface area contributed by atoms with Gasteiger partial charge in [-0.1, -0.05) is 28.1 Å². The molecule has 2 aromatic rings. The average molecular weight is 423 g/mol. The molecule has 0 saturated carbocycles. The van der Waals surface area contributed by atoms with Crippen molar-refractivity contribution in [1.82, 2.24) is 5.32 Å². The van der Waals surface area contributed by atoms with Crippen molar-refractivity contribution >= 4 is 44.2 Å². The molecule has 2 N–H and O–H groups in total. The van der Waals surface area contributed by atoms with Crippen LogP contribution in [0, 0.1) is 6.92 Å². The van der Waals surface area contributed by atoms with Gasteiger partial charge in [0.15, 0.2) is 0 Å². The van der Waals surface area contributed by atoms with Gasteiger partial charge in [-0.25, -0.2) is 0 Å². The van der Waals surface area contributed by atoms with Gasteiger partial charge < -0.3 is 10.6 Å². The molecule has 1 atom stereocenters. The molecule has 0 spiro atoms. The first kappa shape index (κ1) is 19.3. The van der Waals surface area contributed by atoms with E-state index >= 15 is 0 Å². The molecule has 132 valence electrons. The van der Waals surface area contributed by atoms with E-state index in [0.717, 1.165) is 15.6 Å². The van der Waals surface area contributed by atoms with E-state index < -0.39 is 10.8 Å². The van der Waals surface area contributed by atoms with E-state index in [0.29, 0.717) is 17.0 Å². The van der Waals surface area contributed by atoms with E-state index in [1.54, 1.807) is 30.5 Å². The van der Waals surface area contributed by atoms with Crippen LogP contribution in [-0.2, 0) is 21.3 Å². The predicted molar refractivity (Wildman–Crippen MR) is 104 cm³/mol. The third-order valence-electron chi connectivity index (χ3n) is 3.41. The van der Waals surface area contributed by atoms with E-state index in [2.05, 4.69) is 26.6 Å². The monoisotopic (exact) mass is 422 g/mol. The second-order valence-corrected chi connectivity index (χ2v) is 7.90. The quantitative estimate of drug-likeness (QED) is 0.750. The van der Waals surface area contributed by atoms with Crippen molar-refractivity contribution in [3.63, 3.8) is 0 Å². The molecule has 0 saturated heterocycles. The van der Waals surface area contributed by atoms with Gasteiger partial charge in [-0.2, -0.15) is 0 Å². The molecule has 5 nitrogen and oxygen atoms in total. The molecule has 2 amide bonds. The van der Waals surface area contributed by atoms with Gasteiger partial charge >= 0.3 is 0 Å². The standard InChI is InChI=1S/C18H19BrN2O3S/c1-12-8-15(6-7-16(12)19)21-17(22)10-20-18(23)14-5-3-4-13(9-14)11-25(2)24/h3-9H,10-11H2,1-2H3,(H,20,23)(H,21,22). The number of amides is 2. The number of halogens is 1. The molecule has 1 unspecified atom stereocenters. The van der Waals surface area contributed by atoms with Crippen molar-refractivity contribution in [3.8, 4) is 0 Å². The average Bonchev–Trinajstić information content (AvgIpc) is 2.55. The Balaban J connectivity index is 1.91. The topological polar surface area (TPSA) is 75.3 Å². The highest BCUT2D eigenvalue weighted by Crippen LogP contribution is 2.19. The Kier molecular flexibility index (Phi) is 6.90. The van der Waals surface area contributed by atoms with Gasteiger partial charge in [0, 0.05) is 38.5 Å². The fraction of sp³-hybridized carbons (Fsp3) is 0.222. The van der Waals surface area contributed by atoms with E-state index in [1.807, 2.05) is 25.1 Å². The lowest BCUT2D eigenvalue weighted by Crippen LogP contribution is -2.32. The lowest BCUT2D eigenvalue weighted by molar-refractivity contribution is -0.115. The molecule has 0 aromatic heterocycles. The molecule has 0 aliphatic carbocycles. The molecular weight excluding hydrogens is 404 g/mol. The smallest absolute Gasteiger partial charge is 0.251 e. The SMILES string of the molecule is Cc1cc(NC(=O)CNC(=O)c2cccc(CS(C)=O)c2)ccc1Br. The number of anilines is 1. The summed E-state index contributed by atoms with van der Waals surface area (Å²) in [5.41, 5.74) is 2.94. The van der Waals surface area contributed by atoms with Crippen LogP contribution in [0.25, 0.3) is 0 Å². The zero-order valence-corrected chi connectivity index (χ0v) is 16.4. The molecule has 0 heterocycles. The van der Waals surface area contributed by atoms with Crippen LogP contribution in [0.5, 0.6) is 0 Å². The van der Waals surface area contributed by atoms with Crippen LogP contribution in [-0.4, -0.2) is 28.8 Å². The lowest BCUT2D eigenvalue weighted by atomic mass is 10.1. The Hall–Kier alpha value is -1.99. The van der Waals surface area contributed by atoms with E-state index in [1.165, 1.54) is 0 Å². The second-order valence-electron chi connectivity index (χ2n) is 5.61. The molecule has 0 bridgehead atoms. The van der Waals surface area contributed by atoms with Crippen LogP contribution in [0.15, 0.2) is 46.9 Å². The molecule has 2 aromatic carbocycles. The fourth-order valence-electron chi connectivity index (χ4n) is 2.23. The van der Waals surface area contributed by atoms with Gasteiger partial charge in [0.2, 0.25) is 5.91 Å². The summed E-state index contributed by atoms with van der Waals surface area (Å²) in [6.07, 6.45) is 1.61. The lowest BCUT2D eigenvalue weighted by Gasteiger charge is -2.09. The van der Waals surface area contributed by atoms with Crippen molar-refractivity contribution in [2.75, 3.05) is 18.1 Å². The first-order valence-corrected chi connectivity index (χ1v) is 10.1. The number of benzene rings is 2. The van der Waals surface area contributed by atoms with Crippen LogP contribution in [0.4, 0.5) is 5.69 Å². The van der Waals surface area contributed by atoms with Crippen molar-refractivity contribution in [2.24, 2.45) is 0 Å². The first-order valence-electron chi connectivity index (χ1n) is 7.58. The Morgan fingerprint density at radius 3 is 2.60 bits per heavy atom. The Morgan fingerprint density at radius 1 is 1.16 bits per heavy atom. The molecule has 0 aliphatic rings. The summed E-state index contributed by atoms with van der Waals surface area (Å²) >= 11 is 3.40. The highest BCUT2D eigenvalue weighted by atomic mass is 79.9. The third kappa shape index (κ3) is 6.10. The van der Waals surface area contributed by atoms with Gasteiger partial charge in [0.25, 0.3) is 5.91 Å². The first-order chi connectivity index (χ1) is 11.8. The highest BCUT2D eigenvalue weighted by molar-refractivity contribution is 9.10. The molecular formula is C18H19BrN2O3S. The number of carbonyl (C=O) groups excluding carboxylic acids is 2. The van der Waals surface area contributed by atoms with E-state index in [4.69, 9.17) is 0 Å². The van der Waals surface area contributed by atoms with Crippen molar-refractivity contribution in [2.45, 2.75) is 12.7 Å². The van der Waals surface area contributed by atoms with Crippen LogP contribution in [0.2, 0.25) is 0 Å². The molecule has 0 aliphatic heterocycles. The summed E-state index contributed by atoms with van der Waals surface area (Å²) in [5.74, 6) is -0.253. The fourth-order valence-corrected chi connectivity index (χ4v) is 3.12. The zero-order valence-electron chi connectivity index (χ0n) is 14.0. The summed E-state index contributed by atoms with van der Waals surface area (Å²) in [4.78, 5) is 24.1. The maximum Gasteiger partial charge on any atom is 0.251 e. The predicted octanol–water partition coefficient (Wildman–Crippen LogP) is 3.00. The molecule has 0 radical (unpaired) electrons. The summed E-state index contributed by atoms with van der Waals surface area (Å²) in [5, 5.41) is 5.33. The molecule has 25 heavy (non-hydrogen) atoms. The van der Waals surface area contributed by atoms with Gasteiger partial charge in [0.05, 0.1) is 6.54 Å². The van der Waals surface area contributed by atoms with Gasteiger partial charge in [-0.15, -0.1) is 0 Å². The normalized spacial score (nSPS) is 11.6. The van der Waals surface area contributed by atoms with E-state index in [9.17, 15) is 13.8 Å². The zero-order chi connectivity index (χ0) is 18.4. The van der Waals surface area contributed by atoms with Crippen LogP contribution < -0.4 is 10.6 Å². The van der Waals surface area contributed by atoms with E-state index in [-0.39, 0.29) is 18.4 Å². The number of rotatable bonds is 6. The molecule has 2 rings (SSSR count). The third-order valence-corrected chi connectivity index (χ3v) is 5.04. The van der Waals surface area contributed by atoms with Crippen molar-refractivity contribution in [3.05, 3.63) is 63.6 Å². The maximum atomic E-state index is 12.2. The van der Waals surface area contributed by atoms with Crippen LogP contribution in [0.3, 0.4) is 0 Å². The molecule has 0 fully saturated rings. The number of carbonyl (C=O) groups is 2. The second kappa shape index (κ2) is 8.92. The number of hydrogen-bond acceptors (Lipinski definition) is 3. The Bertz CT molecular complexity index is 824. The number of nitrogens with one attached hydrogen (secondary N) is 2. The summed E-state index contributed by atoms with van der Waals surface area (Å²) in [6.45, 7) is 1.80. The van der Waals surface area contributed by atoms with Gasteiger partial charge in [-0.3, -0.25) is 13.8 Å². The number of hydrogen-bond donors (Lipinski definition) is 2. The Labute approximate surface area is 157 Å².